The topological polar surface area (TPSA) is 52.6 Å². The molecule has 0 saturated heterocycles. The third-order valence-corrected chi connectivity index (χ3v) is 3.39. The maximum atomic E-state index is 10.8. The first-order chi connectivity index (χ1) is 7.60. The Morgan fingerprint density at radius 2 is 2.00 bits per heavy atom. The van der Waals surface area contributed by atoms with E-state index >= 15 is 0 Å². The molecule has 0 aromatic carbocycles. The fourth-order valence-corrected chi connectivity index (χ4v) is 2.06. The Morgan fingerprint density at radius 3 is 2.50 bits per heavy atom. The van der Waals surface area contributed by atoms with E-state index in [-0.39, 0.29) is 6.10 Å². The van der Waals surface area contributed by atoms with Crippen LogP contribution in [0.4, 0.5) is 0 Å². The van der Waals surface area contributed by atoms with Crippen molar-refractivity contribution in [1.82, 2.24) is 10.2 Å². The first-order valence-electron chi connectivity index (χ1n) is 6.01. The van der Waals surface area contributed by atoms with Gasteiger partial charge in [0.2, 0.25) is 0 Å². The Balaban J connectivity index is 3.42. The molecule has 0 aliphatic carbocycles. The second kappa shape index (κ2) is 10.2. The third-order valence-electron chi connectivity index (χ3n) is 2.53. The molecule has 5 heteroatoms. The van der Waals surface area contributed by atoms with Crippen molar-refractivity contribution in [2.45, 2.75) is 26.4 Å². The molecule has 4 nitrogen and oxygen atoms in total. The fraction of sp³-hybridized carbons (Fsp3) is 1.00. The van der Waals surface area contributed by atoms with Crippen LogP contribution in [-0.2, 0) is 10.8 Å². The molecule has 0 aliphatic heterocycles. The molecule has 0 aromatic rings. The molecule has 0 amide bonds. The van der Waals surface area contributed by atoms with E-state index in [1.807, 2.05) is 0 Å². The molecule has 0 spiro atoms. The molecular weight excluding hydrogens is 224 g/mol. The number of aliphatic hydroxyl groups is 1. The van der Waals surface area contributed by atoms with Crippen molar-refractivity contribution < 1.29 is 9.32 Å². The maximum absolute atomic E-state index is 10.8. The van der Waals surface area contributed by atoms with Crippen LogP contribution in [0.5, 0.6) is 0 Å². The zero-order valence-corrected chi connectivity index (χ0v) is 11.6. The van der Waals surface area contributed by atoms with E-state index < -0.39 is 10.8 Å². The van der Waals surface area contributed by atoms with Crippen LogP contribution in [0.1, 0.15) is 20.3 Å². The quantitative estimate of drug-likeness (QED) is 0.538. The van der Waals surface area contributed by atoms with Gasteiger partial charge in [-0.25, -0.2) is 0 Å². The number of likely N-dealkylation sites (N-methyl/N-ethyl adjacent to an activating group) is 1. The lowest BCUT2D eigenvalue weighted by atomic mass is 10.3. The highest BCUT2D eigenvalue weighted by atomic mass is 32.2. The second-order valence-electron chi connectivity index (χ2n) is 3.97. The molecule has 0 bridgehead atoms. The Labute approximate surface area is 102 Å². The molecule has 0 rings (SSSR count). The van der Waals surface area contributed by atoms with Gasteiger partial charge in [-0.3, -0.25) is 4.21 Å². The first-order valence-corrected chi connectivity index (χ1v) is 7.74. The molecule has 0 heterocycles. The van der Waals surface area contributed by atoms with Crippen molar-refractivity contribution in [3.8, 4) is 0 Å². The highest BCUT2D eigenvalue weighted by Crippen LogP contribution is 1.91. The average Bonchev–Trinajstić information content (AvgIpc) is 2.25. The van der Waals surface area contributed by atoms with Gasteiger partial charge in [-0.05, 0) is 26.1 Å². The smallest absolute Gasteiger partial charge is 0.0791 e. The number of aliphatic hydroxyl groups excluding tert-OH is 1. The van der Waals surface area contributed by atoms with Gasteiger partial charge in [0.1, 0.15) is 0 Å². The maximum Gasteiger partial charge on any atom is 0.0791 e. The zero-order valence-electron chi connectivity index (χ0n) is 10.7. The van der Waals surface area contributed by atoms with E-state index in [1.165, 1.54) is 0 Å². The summed E-state index contributed by atoms with van der Waals surface area (Å²) < 4.78 is 10.8. The van der Waals surface area contributed by atoms with Crippen molar-refractivity contribution >= 4 is 10.8 Å². The summed E-state index contributed by atoms with van der Waals surface area (Å²) in [6, 6.07) is 0. The van der Waals surface area contributed by atoms with Crippen LogP contribution in [0.2, 0.25) is 0 Å². The summed E-state index contributed by atoms with van der Waals surface area (Å²) >= 11 is 0. The summed E-state index contributed by atoms with van der Waals surface area (Å²) in [6.07, 6.45) is 2.31. The Bertz CT molecular complexity index is 187. The lowest BCUT2D eigenvalue weighted by Gasteiger charge is -2.22. The zero-order chi connectivity index (χ0) is 12.4. The van der Waals surface area contributed by atoms with Gasteiger partial charge >= 0.3 is 0 Å². The number of nitrogens with one attached hydrogen (secondary N) is 1. The van der Waals surface area contributed by atoms with Gasteiger partial charge in [0, 0.05) is 35.9 Å². The molecular formula is C11H26N2O2S. The Hall–Kier alpha value is 0.0300. The van der Waals surface area contributed by atoms with Crippen molar-refractivity contribution in [3.63, 3.8) is 0 Å². The van der Waals surface area contributed by atoms with Crippen LogP contribution in [-0.4, -0.2) is 65.1 Å². The SMILES string of the molecule is CCN(CC)CC(O)CNCCCS(C)=O. The Morgan fingerprint density at radius 1 is 1.38 bits per heavy atom. The highest BCUT2D eigenvalue weighted by molar-refractivity contribution is 7.84. The van der Waals surface area contributed by atoms with E-state index in [4.69, 9.17) is 0 Å². The van der Waals surface area contributed by atoms with Gasteiger partial charge in [-0.2, -0.15) is 0 Å². The van der Waals surface area contributed by atoms with Crippen LogP contribution in [0.25, 0.3) is 0 Å². The van der Waals surface area contributed by atoms with E-state index in [1.54, 1.807) is 6.26 Å². The monoisotopic (exact) mass is 250 g/mol. The molecule has 98 valence electrons. The molecule has 0 aromatic heterocycles. The highest BCUT2D eigenvalue weighted by Gasteiger charge is 2.07. The van der Waals surface area contributed by atoms with E-state index in [0.717, 1.165) is 38.4 Å². The van der Waals surface area contributed by atoms with Crippen molar-refractivity contribution in [1.29, 1.82) is 0 Å². The van der Waals surface area contributed by atoms with Crippen LogP contribution < -0.4 is 5.32 Å². The lowest BCUT2D eigenvalue weighted by Crippen LogP contribution is -2.38. The van der Waals surface area contributed by atoms with Crippen LogP contribution >= 0.6 is 0 Å². The van der Waals surface area contributed by atoms with Gasteiger partial charge in [-0.1, -0.05) is 13.8 Å². The molecule has 0 saturated carbocycles. The standard InChI is InChI=1S/C11H26N2O2S/c1-4-13(5-2)10-11(14)9-12-7-6-8-16(3)15/h11-12,14H,4-10H2,1-3H3. The van der Waals surface area contributed by atoms with E-state index in [0.29, 0.717) is 6.54 Å². The van der Waals surface area contributed by atoms with Crippen LogP contribution in [0.3, 0.4) is 0 Å². The fourth-order valence-electron chi connectivity index (χ4n) is 1.51. The molecule has 16 heavy (non-hydrogen) atoms. The van der Waals surface area contributed by atoms with Gasteiger partial charge in [0.05, 0.1) is 6.10 Å². The van der Waals surface area contributed by atoms with Gasteiger partial charge in [-0.15, -0.1) is 0 Å². The molecule has 2 unspecified atom stereocenters. The summed E-state index contributed by atoms with van der Waals surface area (Å²) in [5, 5.41) is 12.9. The minimum atomic E-state index is -0.702. The van der Waals surface area contributed by atoms with Crippen LogP contribution in [0, 0.1) is 0 Å². The van der Waals surface area contributed by atoms with Gasteiger partial charge < -0.3 is 15.3 Å². The molecule has 2 N–H and O–H groups in total. The van der Waals surface area contributed by atoms with Crippen LogP contribution in [0.15, 0.2) is 0 Å². The summed E-state index contributed by atoms with van der Waals surface area (Å²) in [5.41, 5.74) is 0. The van der Waals surface area contributed by atoms with E-state index in [9.17, 15) is 9.32 Å². The van der Waals surface area contributed by atoms with Gasteiger partial charge in [0.15, 0.2) is 0 Å². The normalized spacial score (nSPS) is 15.3. The Kier molecular flexibility index (Phi) is 10.2. The molecule has 2 atom stereocenters. The number of hydrogen-bond acceptors (Lipinski definition) is 4. The summed E-state index contributed by atoms with van der Waals surface area (Å²) in [6.45, 7) is 8.31. The van der Waals surface area contributed by atoms with E-state index in [2.05, 4.69) is 24.1 Å². The number of nitrogens with zero attached hydrogens (tertiary/aromatic N) is 1. The molecule has 0 fully saturated rings. The summed E-state index contributed by atoms with van der Waals surface area (Å²) in [7, 11) is -0.702. The van der Waals surface area contributed by atoms with Crippen molar-refractivity contribution in [2.75, 3.05) is 44.7 Å². The minimum absolute atomic E-state index is 0.313. The molecule has 0 radical (unpaired) electrons. The summed E-state index contributed by atoms with van der Waals surface area (Å²) in [5.74, 6) is 0.735. The third kappa shape index (κ3) is 9.27. The predicted molar refractivity (Wildman–Crippen MR) is 70.2 cm³/mol. The minimum Gasteiger partial charge on any atom is -0.390 e. The molecule has 0 aliphatic rings. The first kappa shape index (κ1) is 16.0. The largest absolute Gasteiger partial charge is 0.390 e. The van der Waals surface area contributed by atoms with Crippen molar-refractivity contribution in [2.24, 2.45) is 0 Å². The second-order valence-corrected chi connectivity index (χ2v) is 5.53. The average molecular weight is 250 g/mol. The number of rotatable bonds is 10. The summed E-state index contributed by atoms with van der Waals surface area (Å²) in [4.78, 5) is 2.20. The van der Waals surface area contributed by atoms with Gasteiger partial charge in [0.25, 0.3) is 0 Å². The predicted octanol–water partition coefficient (Wildman–Crippen LogP) is 0.0473. The number of hydrogen-bond donors (Lipinski definition) is 2. The lowest BCUT2D eigenvalue weighted by molar-refractivity contribution is 0.117. The van der Waals surface area contributed by atoms with Crippen molar-refractivity contribution in [3.05, 3.63) is 0 Å².